The van der Waals surface area contributed by atoms with E-state index < -0.39 is 0 Å². The third-order valence-corrected chi connectivity index (χ3v) is 4.11. The monoisotopic (exact) mass is 309 g/mol. The molecule has 0 bridgehead atoms. The fourth-order valence-electron chi connectivity index (χ4n) is 2.21. The summed E-state index contributed by atoms with van der Waals surface area (Å²) in [7, 11) is 0. The molecule has 3 rings (SSSR count). The van der Waals surface area contributed by atoms with E-state index in [4.69, 9.17) is 0 Å². The fourth-order valence-corrected chi connectivity index (χ4v) is 2.80. The van der Waals surface area contributed by atoms with Crippen molar-refractivity contribution in [2.45, 2.75) is 13.0 Å². The van der Waals surface area contributed by atoms with E-state index in [-0.39, 0.29) is 11.9 Å². The van der Waals surface area contributed by atoms with Crippen LogP contribution in [0.1, 0.15) is 28.2 Å². The zero-order valence-electron chi connectivity index (χ0n) is 12.1. The second-order valence-electron chi connectivity index (χ2n) is 4.92. The third-order valence-electron chi connectivity index (χ3n) is 3.39. The lowest BCUT2D eigenvalue weighted by Gasteiger charge is -2.13. The number of aromatic nitrogens is 2. The average molecular weight is 309 g/mol. The molecule has 0 unspecified atom stereocenters. The fraction of sp³-hybridized carbons (Fsp3) is 0.118. The van der Waals surface area contributed by atoms with Crippen LogP contribution in [-0.2, 0) is 0 Å². The zero-order valence-corrected chi connectivity index (χ0v) is 12.9. The number of nitrogens with zero attached hydrogens (tertiary/aromatic N) is 2. The van der Waals surface area contributed by atoms with Crippen molar-refractivity contribution < 1.29 is 4.79 Å². The van der Waals surface area contributed by atoms with Gasteiger partial charge in [0.1, 0.15) is 10.6 Å². The van der Waals surface area contributed by atoms with Crippen molar-refractivity contribution in [2.75, 3.05) is 0 Å². The van der Waals surface area contributed by atoms with E-state index in [0.717, 1.165) is 22.7 Å². The summed E-state index contributed by atoms with van der Waals surface area (Å²) in [6.45, 7) is 1.96. The van der Waals surface area contributed by atoms with Crippen LogP contribution in [0.25, 0.3) is 11.3 Å². The van der Waals surface area contributed by atoms with Crippen molar-refractivity contribution in [1.29, 1.82) is 0 Å². The van der Waals surface area contributed by atoms with Crippen molar-refractivity contribution in [2.24, 2.45) is 0 Å². The third kappa shape index (κ3) is 3.04. The number of carbonyl (C=O) groups excluding carboxylic acids is 1. The Morgan fingerprint density at radius 2 is 1.68 bits per heavy atom. The highest BCUT2D eigenvalue weighted by molar-refractivity contribution is 7.08. The normalized spacial score (nSPS) is 11.9. The van der Waals surface area contributed by atoms with E-state index >= 15 is 0 Å². The maximum atomic E-state index is 12.5. The molecule has 0 spiro atoms. The molecule has 22 heavy (non-hydrogen) atoms. The van der Waals surface area contributed by atoms with Gasteiger partial charge in [-0.15, -0.1) is 5.10 Å². The Balaban J connectivity index is 1.81. The number of rotatable bonds is 4. The van der Waals surface area contributed by atoms with Crippen molar-refractivity contribution in [3.63, 3.8) is 0 Å². The predicted octanol–water partition coefficient (Wildman–Crippen LogP) is 3.70. The van der Waals surface area contributed by atoms with Crippen LogP contribution in [0.3, 0.4) is 0 Å². The molecule has 1 heterocycles. The number of nitrogens with one attached hydrogen (secondary N) is 1. The Labute approximate surface area is 133 Å². The van der Waals surface area contributed by atoms with Gasteiger partial charge in [0.05, 0.1) is 6.04 Å². The molecule has 0 aliphatic carbocycles. The van der Waals surface area contributed by atoms with Crippen LogP contribution < -0.4 is 5.32 Å². The minimum absolute atomic E-state index is 0.0700. The van der Waals surface area contributed by atoms with E-state index in [1.54, 1.807) is 0 Å². The Morgan fingerprint density at radius 1 is 1.05 bits per heavy atom. The lowest BCUT2D eigenvalue weighted by atomic mass is 10.1. The van der Waals surface area contributed by atoms with E-state index in [1.165, 1.54) is 0 Å². The summed E-state index contributed by atoms with van der Waals surface area (Å²) in [6, 6.07) is 19.4. The second kappa shape index (κ2) is 6.49. The summed E-state index contributed by atoms with van der Waals surface area (Å²) in [6.07, 6.45) is 0. The van der Waals surface area contributed by atoms with Gasteiger partial charge in [-0.1, -0.05) is 65.2 Å². The number of benzene rings is 2. The van der Waals surface area contributed by atoms with Crippen LogP contribution in [0.15, 0.2) is 60.7 Å². The average Bonchev–Trinajstić information content (AvgIpc) is 3.06. The smallest absolute Gasteiger partial charge is 0.265 e. The number of hydrogen-bond acceptors (Lipinski definition) is 4. The van der Waals surface area contributed by atoms with Gasteiger partial charge in [-0.05, 0) is 24.0 Å². The van der Waals surface area contributed by atoms with E-state index in [1.807, 2.05) is 67.6 Å². The molecule has 0 saturated heterocycles. The molecule has 1 N–H and O–H groups in total. The van der Waals surface area contributed by atoms with Crippen molar-refractivity contribution >= 4 is 17.4 Å². The molecule has 0 saturated carbocycles. The highest BCUT2D eigenvalue weighted by atomic mass is 32.1. The molecule has 5 heteroatoms. The van der Waals surface area contributed by atoms with Gasteiger partial charge in [0, 0.05) is 5.56 Å². The topological polar surface area (TPSA) is 54.9 Å². The first kappa shape index (κ1) is 14.4. The number of hydrogen-bond donors (Lipinski definition) is 1. The molecule has 0 radical (unpaired) electrons. The summed E-state index contributed by atoms with van der Waals surface area (Å²) < 4.78 is 3.93. The SMILES string of the molecule is C[C@H](NC(=O)c1snnc1-c1ccccc1)c1ccccc1. The molecular formula is C17H15N3OS. The molecule has 1 aromatic heterocycles. The Morgan fingerprint density at radius 3 is 2.36 bits per heavy atom. The van der Waals surface area contributed by atoms with Gasteiger partial charge in [0.25, 0.3) is 5.91 Å². The summed E-state index contributed by atoms with van der Waals surface area (Å²) in [5.74, 6) is -0.148. The Kier molecular flexibility index (Phi) is 4.25. The second-order valence-corrected chi connectivity index (χ2v) is 5.68. The van der Waals surface area contributed by atoms with Crippen molar-refractivity contribution in [3.8, 4) is 11.3 Å². The number of carbonyl (C=O) groups is 1. The highest BCUT2D eigenvalue weighted by Crippen LogP contribution is 2.24. The van der Waals surface area contributed by atoms with Crippen LogP contribution in [0.4, 0.5) is 0 Å². The van der Waals surface area contributed by atoms with Gasteiger partial charge >= 0.3 is 0 Å². The van der Waals surface area contributed by atoms with Crippen molar-refractivity contribution in [1.82, 2.24) is 14.9 Å². The number of amides is 1. The maximum absolute atomic E-state index is 12.5. The molecule has 4 nitrogen and oxygen atoms in total. The first-order valence-electron chi connectivity index (χ1n) is 6.99. The summed E-state index contributed by atoms with van der Waals surface area (Å²) in [4.78, 5) is 13.0. The standard InChI is InChI=1S/C17H15N3OS/c1-12(13-8-4-2-5-9-13)18-17(21)16-15(19-20-22-16)14-10-6-3-7-11-14/h2-12H,1H3,(H,18,21)/t12-/m0/s1. The minimum Gasteiger partial charge on any atom is -0.345 e. The van der Waals surface area contributed by atoms with Crippen LogP contribution in [-0.4, -0.2) is 15.5 Å². The molecular weight excluding hydrogens is 294 g/mol. The van der Waals surface area contributed by atoms with Crippen LogP contribution in [0, 0.1) is 0 Å². The van der Waals surface area contributed by atoms with Crippen LogP contribution >= 0.6 is 11.5 Å². The predicted molar refractivity (Wildman–Crippen MR) is 87.7 cm³/mol. The lowest BCUT2D eigenvalue weighted by molar-refractivity contribution is 0.0944. The Hall–Kier alpha value is -2.53. The highest BCUT2D eigenvalue weighted by Gasteiger charge is 2.19. The molecule has 1 atom stereocenters. The van der Waals surface area contributed by atoms with E-state index in [2.05, 4.69) is 14.9 Å². The summed E-state index contributed by atoms with van der Waals surface area (Å²) in [5.41, 5.74) is 2.59. The summed E-state index contributed by atoms with van der Waals surface area (Å²) in [5, 5.41) is 7.10. The molecule has 0 aliphatic rings. The van der Waals surface area contributed by atoms with Gasteiger partial charge in [0.2, 0.25) is 0 Å². The van der Waals surface area contributed by atoms with Crippen molar-refractivity contribution in [3.05, 3.63) is 71.1 Å². The largest absolute Gasteiger partial charge is 0.345 e. The van der Waals surface area contributed by atoms with E-state index in [0.29, 0.717) is 10.6 Å². The summed E-state index contributed by atoms with van der Waals surface area (Å²) >= 11 is 1.12. The first-order chi connectivity index (χ1) is 10.8. The molecule has 0 aliphatic heterocycles. The van der Waals surface area contributed by atoms with Crippen LogP contribution in [0.5, 0.6) is 0 Å². The molecule has 2 aromatic carbocycles. The first-order valence-corrected chi connectivity index (χ1v) is 7.76. The van der Waals surface area contributed by atoms with E-state index in [9.17, 15) is 4.79 Å². The van der Waals surface area contributed by atoms with Gasteiger partial charge < -0.3 is 5.32 Å². The minimum atomic E-state index is -0.148. The molecule has 0 fully saturated rings. The Bertz CT molecular complexity index is 756. The lowest BCUT2D eigenvalue weighted by Crippen LogP contribution is -2.26. The van der Waals surface area contributed by atoms with Gasteiger partial charge in [-0.2, -0.15) is 0 Å². The van der Waals surface area contributed by atoms with Crippen LogP contribution in [0.2, 0.25) is 0 Å². The van der Waals surface area contributed by atoms with Gasteiger partial charge in [-0.25, -0.2) is 0 Å². The molecule has 110 valence electrons. The van der Waals surface area contributed by atoms with Gasteiger partial charge in [0.15, 0.2) is 0 Å². The molecule has 1 amide bonds. The van der Waals surface area contributed by atoms with Gasteiger partial charge in [-0.3, -0.25) is 4.79 Å². The quantitative estimate of drug-likeness (QED) is 0.799. The zero-order chi connectivity index (χ0) is 15.4. The molecule has 3 aromatic rings. The maximum Gasteiger partial charge on any atom is 0.265 e.